The number of hydrogen-bond donors (Lipinski definition) is 1. The van der Waals surface area contributed by atoms with Crippen molar-refractivity contribution in [3.8, 4) is 5.75 Å². The molecule has 0 aliphatic heterocycles. The molecule has 0 aliphatic rings. The van der Waals surface area contributed by atoms with E-state index in [0.717, 1.165) is 5.56 Å². The van der Waals surface area contributed by atoms with Crippen LogP contribution in [0.5, 0.6) is 5.75 Å². The van der Waals surface area contributed by atoms with E-state index in [2.05, 4.69) is 10.3 Å². The van der Waals surface area contributed by atoms with Crippen LogP contribution in [0.4, 0.5) is 5.82 Å². The lowest BCUT2D eigenvalue weighted by atomic mass is 10.2. The normalized spacial score (nSPS) is 9.83. The van der Waals surface area contributed by atoms with Gasteiger partial charge in [0.2, 0.25) is 5.91 Å². The molecule has 4 nitrogen and oxygen atoms in total. The molecule has 0 fully saturated rings. The summed E-state index contributed by atoms with van der Waals surface area (Å²) in [7, 11) is 0. The Hall–Kier alpha value is -2.36. The molecule has 1 aromatic carbocycles. The number of aromatic nitrogens is 1. The largest absolute Gasteiger partial charge is 0.485 e. The van der Waals surface area contributed by atoms with Crippen molar-refractivity contribution < 1.29 is 9.53 Å². The lowest BCUT2D eigenvalue weighted by Gasteiger charge is -2.10. The summed E-state index contributed by atoms with van der Waals surface area (Å²) < 4.78 is 5.65. The van der Waals surface area contributed by atoms with Crippen molar-refractivity contribution in [2.24, 2.45) is 0 Å². The van der Waals surface area contributed by atoms with Crippen LogP contribution in [0.2, 0.25) is 0 Å². The van der Waals surface area contributed by atoms with Gasteiger partial charge in [0.1, 0.15) is 6.61 Å². The lowest BCUT2D eigenvalue weighted by Crippen LogP contribution is -2.09. The summed E-state index contributed by atoms with van der Waals surface area (Å²) in [5.41, 5.74) is 1.06. The van der Waals surface area contributed by atoms with Gasteiger partial charge < -0.3 is 10.1 Å². The lowest BCUT2D eigenvalue weighted by molar-refractivity contribution is -0.114. The number of ether oxygens (including phenoxy) is 1. The van der Waals surface area contributed by atoms with E-state index in [-0.39, 0.29) is 5.91 Å². The monoisotopic (exact) mass is 242 g/mol. The Morgan fingerprint density at radius 1 is 1.22 bits per heavy atom. The Morgan fingerprint density at radius 2 is 2.00 bits per heavy atom. The molecule has 18 heavy (non-hydrogen) atoms. The fourth-order valence-corrected chi connectivity index (χ4v) is 1.50. The summed E-state index contributed by atoms with van der Waals surface area (Å²) in [5.74, 6) is 0.843. The quantitative estimate of drug-likeness (QED) is 0.896. The van der Waals surface area contributed by atoms with Crippen molar-refractivity contribution in [1.82, 2.24) is 4.98 Å². The van der Waals surface area contributed by atoms with Crippen LogP contribution in [-0.4, -0.2) is 10.9 Å². The van der Waals surface area contributed by atoms with E-state index in [0.29, 0.717) is 18.2 Å². The van der Waals surface area contributed by atoms with Crippen molar-refractivity contribution in [3.63, 3.8) is 0 Å². The van der Waals surface area contributed by atoms with E-state index in [9.17, 15) is 4.79 Å². The van der Waals surface area contributed by atoms with Crippen LogP contribution in [0.3, 0.4) is 0 Å². The Balaban J connectivity index is 2.07. The van der Waals surface area contributed by atoms with Crippen LogP contribution in [0.25, 0.3) is 0 Å². The minimum atomic E-state index is -0.168. The fraction of sp³-hybridized carbons (Fsp3) is 0.143. The second-order valence-electron chi connectivity index (χ2n) is 3.81. The zero-order chi connectivity index (χ0) is 12.8. The minimum absolute atomic E-state index is 0.168. The van der Waals surface area contributed by atoms with E-state index < -0.39 is 0 Å². The third kappa shape index (κ3) is 3.31. The van der Waals surface area contributed by atoms with Crippen molar-refractivity contribution in [2.75, 3.05) is 5.32 Å². The first-order valence-corrected chi connectivity index (χ1v) is 5.65. The maximum absolute atomic E-state index is 11.0. The molecule has 0 saturated heterocycles. The molecule has 0 radical (unpaired) electrons. The Labute approximate surface area is 106 Å². The van der Waals surface area contributed by atoms with E-state index in [1.165, 1.54) is 6.92 Å². The SMILES string of the molecule is CC(=O)Nc1ncccc1OCc1ccccc1. The standard InChI is InChI=1S/C14H14N2O2/c1-11(17)16-14-13(8-5-9-15-14)18-10-12-6-3-2-4-7-12/h2-9H,10H2,1H3,(H,15,16,17). The number of pyridine rings is 1. The van der Waals surface area contributed by atoms with Gasteiger partial charge in [-0.1, -0.05) is 30.3 Å². The Bertz CT molecular complexity index is 526. The van der Waals surface area contributed by atoms with Gasteiger partial charge in [-0.2, -0.15) is 0 Å². The Kier molecular flexibility index (Phi) is 3.91. The van der Waals surface area contributed by atoms with Crippen LogP contribution in [-0.2, 0) is 11.4 Å². The van der Waals surface area contributed by atoms with Crippen LogP contribution < -0.4 is 10.1 Å². The first-order chi connectivity index (χ1) is 8.75. The fourth-order valence-electron chi connectivity index (χ4n) is 1.50. The summed E-state index contributed by atoms with van der Waals surface area (Å²) in [5, 5.41) is 2.63. The average Bonchev–Trinajstić information content (AvgIpc) is 2.38. The minimum Gasteiger partial charge on any atom is -0.485 e. The van der Waals surface area contributed by atoms with Gasteiger partial charge in [-0.3, -0.25) is 4.79 Å². The van der Waals surface area contributed by atoms with Gasteiger partial charge in [-0.05, 0) is 17.7 Å². The molecular formula is C14H14N2O2. The smallest absolute Gasteiger partial charge is 0.222 e. The molecule has 0 spiro atoms. The third-order valence-electron chi connectivity index (χ3n) is 2.30. The van der Waals surface area contributed by atoms with Gasteiger partial charge in [-0.25, -0.2) is 4.98 Å². The highest BCUT2D eigenvalue weighted by Gasteiger charge is 2.05. The second-order valence-corrected chi connectivity index (χ2v) is 3.81. The summed E-state index contributed by atoms with van der Waals surface area (Å²) in [6.45, 7) is 1.88. The zero-order valence-corrected chi connectivity index (χ0v) is 10.1. The maximum atomic E-state index is 11.0. The number of hydrogen-bond acceptors (Lipinski definition) is 3. The number of anilines is 1. The molecule has 0 atom stereocenters. The highest BCUT2D eigenvalue weighted by atomic mass is 16.5. The number of benzene rings is 1. The number of nitrogens with one attached hydrogen (secondary N) is 1. The van der Waals surface area contributed by atoms with Crippen LogP contribution >= 0.6 is 0 Å². The topological polar surface area (TPSA) is 51.2 Å². The number of nitrogens with zero attached hydrogens (tertiary/aromatic N) is 1. The first kappa shape index (κ1) is 12.1. The molecule has 0 saturated carbocycles. The van der Waals surface area contributed by atoms with E-state index in [1.807, 2.05) is 30.3 Å². The van der Waals surface area contributed by atoms with E-state index in [4.69, 9.17) is 4.74 Å². The van der Waals surface area contributed by atoms with Crippen molar-refractivity contribution in [2.45, 2.75) is 13.5 Å². The highest BCUT2D eigenvalue weighted by molar-refractivity contribution is 5.88. The maximum Gasteiger partial charge on any atom is 0.222 e. The number of amides is 1. The molecule has 2 rings (SSSR count). The summed E-state index contributed by atoms with van der Waals surface area (Å²) in [4.78, 5) is 15.1. The first-order valence-electron chi connectivity index (χ1n) is 5.65. The van der Waals surface area contributed by atoms with Gasteiger partial charge in [-0.15, -0.1) is 0 Å². The number of rotatable bonds is 4. The second kappa shape index (κ2) is 5.82. The zero-order valence-electron chi connectivity index (χ0n) is 10.1. The van der Waals surface area contributed by atoms with E-state index >= 15 is 0 Å². The van der Waals surface area contributed by atoms with Crippen molar-refractivity contribution in [1.29, 1.82) is 0 Å². The van der Waals surface area contributed by atoms with Gasteiger partial charge in [0.15, 0.2) is 11.6 Å². The van der Waals surface area contributed by atoms with Gasteiger partial charge in [0, 0.05) is 13.1 Å². The van der Waals surface area contributed by atoms with Crippen molar-refractivity contribution >= 4 is 11.7 Å². The summed E-state index contributed by atoms with van der Waals surface area (Å²) in [6, 6.07) is 13.4. The predicted octanol–water partition coefficient (Wildman–Crippen LogP) is 2.62. The van der Waals surface area contributed by atoms with Gasteiger partial charge >= 0.3 is 0 Å². The molecule has 1 heterocycles. The molecule has 1 amide bonds. The number of carbonyl (C=O) groups excluding carboxylic acids is 1. The van der Waals surface area contributed by atoms with Crippen molar-refractivity contribution in [3.05, 3.63) is 54.2 Å². The highest BCUT2D eigenvalue weighted by Crippen LogP contribution is 2.21. The molecule has 4 heteroatoms. The molecule has 1 aromatic heterocycles. The molecular weight excluding hydrogens is 228 g/mol. The van der Waals surface area contributed by atoms with Crippen LogP contribution in [0.15, 0.2) is 48.7 Å². The van der Waals surface area contributed by atoms with Gasteiger partial charge in [0.25, 0.3) is 0 Å². The molecule has 0 aliphatic carbocycles. The average molecular weight is 242 g/mol. The third-order valence-corrected chi connectivity index (χ3v) is 2.30. The summed E-state index contributed by atoms with van der Waals surface area (Å²) >= 11 is 0. The molecule has 92 valence electrons. The number of carbonyl (C=O) groups is 1. The molecule has 1 N–H and O–H groups in total. The molecule has 2 aromatic rings. The van der Waals surface area contributed by atoms with Crippen LogP contribution in [0.1, 0.15) is 12.5 Å². The Morgan fingerprint density at radius 3 is 2.72 bits per heavy atom. The molecule has 0 unspecified atom stereocenters. The predicted molar refractivity (Wildman–Crippen MR) is 69.3 cm³/mol. The van der Waals surface area contributed by atoms with Gasteiger partial charge in [0.05, 0.1) is 0 Å². The summed E-state index contributed by atoms with van der Waals surface area (Å²) in [6.07, 6.45) is 1.61. The molecule has 0 bridgehead atoms. The van der Waals surface area contributed by atoms with Crippen LogP contribution in [0, 0.1) is 0 Å². The van der Waals surface area contributed by atoms with E-state index in [1.54, 1.807) is 18.3 Å².